The summed E-state index contributed by atoms with van der Waals surface area (Å²) in [5, 5.41) is 2.60. The van der Waals surface area contributed by atoms with Crippen LogP contribution in [0.25, 0.3) is 0 Å². The Hall–Kier alpha value is -1.49. The Morgan fingerprint density at radius 2 is 2.15 bits per heavy atom. The lowest BCUT2D eigenvalue weighted by atomic mass is 10.1. The highest BCUT2D eigenvalue weighted by molar-refractivity contribution is 5.91. The number of anilines is 1. The molecule has 5 nitrogen and oxygen atoms in total. The minimum atomic E-state index is -0.0718. The fourth-order valence-corrected chi connectivity index (χ4v) is 0.963. The van der Waals surface area contributed by atoms with Crippen molar-refractivity contribution in [3.63, 3.8) is 0 Å². The first kappa shape index (κ1) is 8.12. The highest BCUT2D eigenvalue weighted by atomic mass is 16.5. The first-order valence-electron chi connectivity index (χ1n) is 4.02. The van der Waals surface area contributed by atoms with Crippen molar-refractivity contribution in [1.82, 2.24) is 9.97 Å². The van der Waals surface area contributed by atoms with Crippen LogP contribution in [0.1, 0.15) is 0 Å². The maximum absolute atomic E-state index is 11.3. The van der Waals surface area contributed by atoms with E-state index in [1.54, 1.807) is 18.5 Å². The Morgan fingerprint density at radius 3 is 2.69 bits per heavy atom. The maximum Gasteiger partial charge on any atom is 0.234 e. The van der Waals surface area contributed by atoms with E-state index in [9.17, 15) is 4.79 Å². The van der Waals surface area contributed by atoms with Gasteiger partial charge in [-0.25, -0.2) is 9.97 Å². The average molecular weight is 179 g/mol. The van der Waals surface area contributed by atoms with Crippen molar-refractivity contribution in [3.05, 3.63) is 18.5 Å². The Morgan fingerprint density at radius 1 is 1.46 bits per heavy atom. The van der Waals surface area contributed by atoms with E-state index in [0.717, 1.165) is 0 Å². The fourth-order valence-electron chi connectivity index (χ4n) is 0.963. The normalized spacial score (nSPS) is 16.3. The van der Waals surface area contributed by atoms with Crippen LogP contribution >= 0.6 is 0 Å². The van der Waals surface area contributed by atoms with E-state index in [0.29, 0.717) is 19.2 Å². The van der Waals surface area contributed by atoms with E-state index in [1.807, 2.05) is 0 Å². The number of ether oxygens (including phenoxy) is 1. The molecule has 0 spiro atoms. The summed E-state index contributed by atoms with van der Waals surface area (Å²) in [4.78, 5) is 19.1. The van der Waals surface area contributed by atoms with Crippen molar-refractivity contribution < 1.29 is 9.53 Å². The van der Waals surface area contributed by atoms with Gasteiger partial charge in [-0.05, 0) is 6.07 Å². The lowest BCUT2D eigenvalue weighted by Crippen LogP contribution is -2.38. The third-order valence-corrected chi connectivity index (χ3v) is 1.81. The molecule has 1 saturated heterocycles. The molecule has 2 rings (SSSR count). The molecule has 1 aromatic heterocycles. The minimum Gasteiger partial charge on any atom is -0.380 e. The summed E-state index contributed by atoms with van der Waals surface area (Å²) in [6, 6.07) is 1.70. The molecule has 1 fully saturated rings. The first-order chi connectivity index (χ1) is 6.36. The Balaban J connectivity index is 1.94. The van der Waals surface area contributed by atoms with Crippen molar-refractivity contribution >= 4 is 11.9 Å². The molecule has 0 saturated carbocycles. The Kier molecular flexibility index (Phi) is 2.18. The van der Waals surface area contributed by atoms with Crippen LogP contribution < -0.4 is 5.32 Å². The van der Waals surface area contributed by atoms with Crippen LogP contribution in [0.4, 0.5) is 5.95 Å². The zero-order chi connectivity index (χ0) is 9.10. The molecule has 0 aliphatic carbocycles. The predicted molar refractivity (Wildman–Crippen MR) is 45.0 cm³/mol. The number of nitrogens with one attached hydrogen (secondary N) is 1. The summed E-state index contributed by atoms with van der Waals surface area (Å²) in [6.07, 6.45) is 3.17. The van der Waals surface area contributed by atoms with E-state index in [4.69, 9.17) is 4.74 Å². The summed E-state index contributed by atoms with van der Waals surface area (Å²) in [7, 11) is 0. The van der Waals surface area contributed by atoms with Crippen LogP contribution in [0.5, 0.6) is 0 Å². The van der Waals surface area contributed by atoms with E-state index >= 15 is 0 Å². The molecule has 0 atom stereocenters. The van der Waals surface area contributed by atoms with E-state index in [2.05, 4.69) is 15.3 Å². The van der Waals surface area contributed by atoms with Crippen molar-refractivity contribution in [3.8, 4) is 0 Å². The number of carbonyl (C=O) groups is 1. The van der Waals surface area contributed by atoms with Gasteiger partial charge in [0, 0.05) is 12.4 Å². The quantitative estimate of drug-likeness (QED) is 0.697. The molecule has 68 valence electrons. The zero-order valence-electron chi connectivity index (χ0n) is 6.93. The highest BCUT2D eigenvalue weighted by Gasteiger charge is 2.26. The van der Waals surface area contributed by atoms with Crippen LogP contribution in [0.15, 0.2) is 18.5 Å². The number of hydrogen-bond acceptors (Lipinski definition) is 4. The average Bonchev–Trinajstić information content (AvgIpc) is 2.02. The standard InChI is InChI=1S/C8H9N3O2/c12-7(6-4-13-5-6)11-8-9-2-1-3-10-8/h1-3,6H,4-5H2,(H,9,10,11,12). The second kappa shape index (κ2) is 3.49. The second-order valence-electron chi connectivity index (χ2n) is 2.80. The molecule has 1 aliphatic rings. The number of rotatable bonds is 2. The zero-order valence-corrected chi connectivity index (χ0v) is 6.93. The molecular weight excluding hydrogens is 170 g/mol. The molecule has 1 amide bonds. The van der Waals surface area contributed by atoms with Gasteiger partial charge in [-0.3, -0.25) is 10.1 Å². The molecule has 0 aromatic carbocycles. The summed E-state index contributed by atoms with van der Waals surface area (Å²) in [5.74, 6) is 0.237. The predicted octanol–water partition coefficient (Wildman–Crippen LogP) is 0.0615. The van der Waals surface area contributed by atoms with E-state index in [-0.39, 0.29) is 11.8 Å². The van der Waals surface area contributed by atoms with Gasteiger partial charge < -0.3 is 4.74 Å². The van der Waals surface area contributed by atoms with E-state index < -0.39 is 0 Å². The lowest BCUT2D eigenvalue weighted by Gasteiger charge is -2.24. The SMILES string of the molecule is O=C(Nc1ncccn1)C1COC1. The molecule has 5 heteroatoms. The van der Waals surface area contributed by atoms with Crippen molar-refractivity contribution in [2.24, 2.45) is 5.92 Å². The number of carbonyl (C=O) groups excluding carboxylic acids is 1. The van der Waals surface area contributed by atoms with Crippen LogP contribution in [-0.4, -0.2) is 29.1 Å². The van der Waals surface area contributed by atoms with Gasteiger partial charge in [-0.1, -0.05) is 0 Å². The lowest BCUT2D eigenvalue weighted by molar-refractivity contribution is -0.133. The van der Waals surface area contributed by atoms with Crippen LogP contribution in [-0.2, 0) is 9.53 Å². The van der Waals surface area contributed by atoms with Gasteiger partial charge in [0.15, 0.2) is 0 Å². The van der Waals surface area contributed by atoms with Crippen molar-refractivity contribution in [1.29, 1.82) is 0 Å². The van der Waals surface area contributed by atoms with Crippen LogP contribution in [0.2, 0.25) is 0 Å². The van der Waals surface area contributed by atoms with Gasteiger partial charge in [0.05, 0.1) is 19.1 Å². The Labute approximate surface area is 75.1 Å². The second-order valence-corrected chi connectivity index (χ2v) is 2.80. The molecule has 0 unspecified atom stereocenters. The highest BCUT2D eigenvalue weighted by Crippen LogP contribution is 2.11. The third-order valence-electron chi connectivity index (χ3n) is 1.81. The number of nitrogens with zero attached hydrogens (tertiary/aromatic N) is 2. The Bertz CT molecular complexity index is 298. The molecule has 1 aliphatic heterocycles. The summed E-state index contributed by atoms with van der Waals surface area (Å²) < 4.78 is 4.89. The smallest absolute Gasteiger partial charge is 0.234 e. The minimum absolute atomic E-state index is 0.0381. The largest absolute Gasteiger partial charge is 0.380 e. The van der Waals surface area contributed by atoms with Gasteiger partial charge >= 0.3 is 0 Å². The molecule has 13 heavy (non-hydrogen) atoms. The van der Waals surface area contributed by atoms with Gasteiger partial charge in [0.1, 0.15) is 0 Å². The van der Waals surface area contributed by atoms with Gasteiger partial charge in [-0.15, -0.1) is 0 Å². The van der Waals surface area contributed by atoms with Crippen molar-refractivity contribution in [2.45, 2.75) is 0 Å². The van der Waals surface area contributed by atoms with Gasteiger partial charge in [0.2, 0.25) is 11.9 Å². The van der Waals surface area contributed by atoms with Gasteiger partial charge in [0.25, 0.3) is 0 Å². The number of hydrogen-bond donors (Lipinski definition) is 1. The number of aromatic nitrogens is 2. The molecular formula is C8H9N3O2. The van der Waals surface area contributed by atoms with E-state index in [1.165, 1.54) is 0 Å². The first-order valence-corrected chi connectivity index (χ1v) is 4.02. The van der Waals surface area contributed by atoms with Gasteiger partial charge in [-0.2, -0.15) is 0 Å². The van der Waals surface area contributed by atoms with Crippen LogP contribution in [0, 0.1) is 5.92 Å². The molecule has 1 aromatic rings. The topological polar surface area (TPSA) is 64.1 Å². The molecule has 1 N–H and O–H groups in total. The summed E-state index contributed by atoms with van der Waals surface area (Å²) >= 11 is 0. The molecule has 0 radical (unpaired) electrons. The third kappa shape index (κ3) is 1.81. The summed E-state index contributed by atoms with van der Waals surface area (Å²) in [5.41, 5.74) is 0. The monoisotopic (exact) mass is 179 g/mol. The maximum atomic E-state index is 11.3. The molecule has 0 bridgehead atoms. The molecule has 2 heterocycles. The summed E-state index contributed by atoms with van der Waals surface area (Å²) in [6.45, 7) is 0.997. The van der Waals surface area contributed by atoms with Crippen LogP contribution in [0.3, 0.4) is 0 Å². The fraction of sp³-hybridized carbons (Fsp3) is 0.375. The number of amides is 1. The van der Waals surface area contributed by atoms with Crippen molar-refractivity contribution in [2.75, 3.05) is 18.5 Å².